The highest BCUT2D eigenvalue weighted by molar-refractivity contribution is 7.99. The van der Waals surface area contributed by atoms with Crippen molar-refractivity contribution in [1.82, 2.24) is 24.5 Å². The van der Waals surface area contributed by atoms with Gasteiger partial charge >= 0.3 is 5.97 Å². The lowest BCUT2D eigenvalue weighted by molar-refractivity contribution is -0.143. The molecule has 31 heavy (non-hydrogen) atoms. The number of esters is 1. The van der Waals surface area contributed by atoms with Crippen molar-refractivity contribution in [2.75, 3.05) is 18.9 Å². The second kappa shape index (κ2) is 9.22. The maximum Gasteiger partial charge on any atom is 0.325 e. The number of nitrogens with one attached hydrogen (secondary N) is 1. The molecule has 0 unspecified atom stereocenters. The number of aromatic nitrogens is 4. The topological polar surface area (TPSA) is 90.5 Å². The average Bonchev–Trinajstić information content (AvgIpc) is 3.32. The van der Waals surface area contributed by atoms with E-state index in [1.807, 2.05) is 22.6 Å². The molecule has 1 amide bonds. The summed E-state index contributed by atoms with van der Waals surface area (Å²) < 4.78 is 8.90. The van der Waals surface area contributed by atoms with Gasteiger partial charge in [0, 0.05) is 0 Å². The summed E-state index contributed by atoms with van der Waals surface area (Å²) in [5.41, 5.74) is 4.41. The quantitative estimate of drug-likeness (QED) is 0.337. The van der Waals surface area contributed by atoms with Crippen LogP contribution in [0.2, 0.25) is 0 Å². The monoisotopic (exact) mass is 437 g/mol. The molecule has 2 heterocycles. The third-order valence-corrected chi connectivity index (χ3v) is 5.73. The second-order valence-electron chi connectivity index (χ2n) is 7.05. The van der Waals surface area contributed by atoms with E-state index in [0.717, 1.165) is 16.8 Å². The summed E-state index contributed by atoms with van der Waals surface area (Å²) in [6, 6.07) is 16.5. The molecular weight excluding hydrogens is 414 g/mol. The fraction of sp³-hybridized carbons (Fsp3) is 0.273. The minimum absolute atomic E-state index is 0.123. The molecule has 0 bridgehead atoms. The van der Waals surface area contributed by atoms with E-state index < -0.39 is 5.97 Å². The highest BCUT2D eigenvalue weighted by Gasteiger charge is 2.18. The van der Waals surface area contributed by atoms with Gasteiger partial charge in [0.25, 0.3) is 0 Å². The summed E-state index contributed by atoms with van der Waals surface area (Å²) in [7, 11) is 0. The van der Waals surface area contributed by atoms with Crippen LogP contribution in [0.1, 0.15) is 18.1 Å². The van der Waals surface area contributed by atoms with Crippen molar-refractivity contribution < 1.29 is 14.3 Å². The van der Waals surface area contributed by atoms with Crippen LogP contribution in [0.5, 0.6) is 0 Å². The normalized spacial score (nSPS) is 11.2. The van der Waals surface area contributed by atoms with E-state index in [2.05, 4.69) is 57.3 Å². The molecule has 0 atom stereocenters. The van der Waals surface area contributed by atoms with Crippen LogP contribution in [0.4, 0.5) is 0 Å². The first-order valence-corrected chi connectivity index (χ1v) is 11.0. The molecule has 160 valence electrons. The Labute approximate surface area is 183 Å². The average molecular weight is 438 g/mol. The molecule has 0 fully saturated rings. The first-order chi connectivity index (χ1) is 15.1. The van der Waals surface area contributed by atoms with Gasteiger partial charge in [-0.1, -0.05) is 53.7 Å². The van der Waals surface area contributed by atoms with Gasteiger partial charge in [0.1, 0.15) is 6.54 Å². The summed E-state index contributed by atoms with van der Waals surface area (Å²) >= 11 is 1.28. The number of imidazole rings is 1. The van der Waals surface area contributed by atoms with Gasteiger partial charge in [0.05, 0.1) is 29.9 Å². The Bertz CT molecular complexity index is 1230. The van der Waals surface area contributed by atoms with Crippen molar-refractivity contribution >= 4 is 40.4 Å². The van der Waals surface area contributed by atoms with Crippen molar-refractivity contribution in [3.05, 3.63) is 59.7 Å². The van der Waals surface area contributed by atoms with Crippen molar-refractivity contribution in [2.24, 2.45) is 0 Å². The molecule has 0 saturated heterocycles. The molecule has 4 rings (SSSR count). The van der Waals surface area contributed by atoms with Crippen LogP contribution < -0.4 is 5.32 Å². The van der Waals surface area contributed by atoms with Crippen molar-refractivity contribution in [1.29, 1.82) is 0 Å². The minimum Gasteiger partial charge on any atom is -0.465 e. The molecule has 0 aliphatic rings. The standard InChI is InChI=1S/C22H23N5O3S/c1-3-30-20(29)12-23-19(28)14-31-22-25-24-21-26(13-16-10-8-15(2)9-11-16)17-6-4-5-7-18(17)27(21)22/h4-11H,3,12-14H2,1-2H3,(H,23,28). The zero-order valence-electron chi connectivity index (χ0n) is 17.4. The van der Waals surface area contributed by atoms with Crippen LogP contribution in [-0.2, 0) is 20.9 Å². The van der Waals surface area contributed by atoms with Gasteiger partial charge in [-0.3, -0.25) is 14.0 Å². The number of benzene rings is 2. The molecule has 0 aliphatic carbocycles. The molecule has 0 spiro atoms. The fourth-order valence-corrected chi connectivity index (χ4v) is 4.10. The number of carbonyl (C=O) groups excluding carboxylic acids is 2. The molecular formula is C22H23N5O3S. The maximum atomic E-state index is 12.1. The van der Waals surface area contributed by atoms with E-state index in [9.17, 15) is 9.59 Å². The van der Waals surface area contributed by atoms with Gasteiger partial charge in [0.2, 0.25) is 11.7 Å². The smallest absolute Gasteiger partial charge is 0.325 e. The van der Waals surface area contributed by atoms with Crippen LogP contribution in [0.15, 0.2) is 53.7 Å². The number of ether oxygens (including phenoxy) is 1. The minimum atomic E-state index is -0.454. The first kappa shape index (κ1) is 20.9. The van der Waals surface area contributed by atoms with E-state index in [1.165, 1.54) is 22.9 Å². The maximum absolute atomic E-state index is 12.1. The number of amides is 1. The van der Waals surface area contributed by atoms with E-state index in [0.29, 0.717) is 11.7 Å². The molecule has 8 nitrogen and oxygen atoms in total. The van der Waals surface area contributed by atoms with Gasteiger partial charge < -0.3 is 14.6 Å². The number of nitrogens with zero attached hydrogens (tertiary/aromatic N) is 4. The number of carbonyl (C=O) groups is 2. The second-order valence-corrected chi connectivity index (χ2v) is 7.99. The predicted molar refractivity (Wildman–Crippen MR) is 119 cm³/mol. The van der Waals surface area contributed by atoms with E-state index in [1.54, 1.807) is 6.92 Å². The van der Waals surface area contributed by atoms with Gasteiger partial charge in [0.15, 0.2) is 5.16 Å². The summed E-state index contributed by atoms with van der Waals surface area (Å²) in [4.78, 5) is 23.5. The van der Waals surface area contributed by atoms with E-state index in [-0.39, 0.29) is 24.8 Å². The van der Waals surface area contributed by atoms with Crippen molar-refractivity contribution in [3.8, 4) is 0 Å². The summed E-state index contributed by atoms with van der Waals surface area (Å²) in [6.07, 6.45) is 0. The summed E-state index contributed by atoms with van der Waals surface area (Å²) in [6.45, 7) is 4.60. The first-order valence-electron chi connectivity index (χ1n) is 10.00. The summed E-state index contributed by atoms with van der Waals surface area (Å²) in [5.74, 6) is 0.122. The van der Waals surface area contributed by atoms with Crippen LogP contribution in [-0.4, -0.2) is 49.9 Å². The Morgan fingerprint density at radius 2 is 1.81 bits per heavy atom. The number of para-hydroxylation sites is 2. The Morgan fingerprint density at radius 3 is 2.55 bits per heavy atom. The zero-order chi connectivity index (χ0) is 21.8. The lowest BCUT2D eigenvalue weighted by atomic mass is 10.1. The van der Waals surface area contributed by atoms with Gasteiger partial charge in [-0.15, -0.1) is 10.2 Å². The summed E-state index contributed by atoms with van der Waals surface area (Å²) in [5, 5.41) is 11.9. The number of hydrogen-bond donors (Lipinski definition) is 1. The Kier molecular flexibility index (Phi) is 6.22. The van der Waals surface area contributed by atoms with Gasteiger partial charge in [-0.05, 0) is 31.5 Å². The molecule has 4 aromatic rings. The predicted octanol–water partition coefficient (Wildman–Crippen LogP) is 2.81. The largest absolute Gasteiger partial charge is 0.465 e. The van der Waals surface area contributed by atoms with E-state index >= 15 is 0 Å². The van der Waals surface area contributed by atoms with Crippen molar-refractivity contribution in [2.45, 2.75) is 25.5 Å². The number of fused-ring (bicyclic) bond motifs is 3. The van der Waals surface area contributed by atoms with Gasteiger partial charge in [-0.2, -0.15) is 0 Å². The number of rotatable bonds is 8. The highest BCUT2D eigenvalue weighted by Crippen LogP contribution is 2.26. The Balaban J connectivity index is 1.57. The van der Waals surface area contributed by atoms with Crippen LogP contribution in [0, 0.1) is 6.92 Å². The molecule has 2 aromatic heterocycles. The molecule has 0 saturated carbocycles. The number of hydrogen-bond acceptors (Lipinski definition) is 6. The van der Waals surface area contributed by atoms with Gasteiger partial charge in [-0.25, -0.2) is 0 Å². The molecule has 0 radical (unpaired) electrons. The number of aryl methyl sites for hydroxylation is 1. The van der Waals surface area contributed by atoms with Crippen molar-refractivity contribution in [3.63, 3.8) is 0 Å². The highest BCUT2D eigenvalue weighted by atomic mass is 32.2. The zero-order valence-corrected chi connectivity index (χ0v) is 18.2. The number of thioether (sulfide) groups is 1. The Hall–Kier alpha value is -3.33. The molecule has 9 heteroatoms. The van der Waals surface area contributed by atoms with Crippen LogP contribution in [0.25, 0.3) is 16.8 Å². The fourth-order valence-electron chi connectivity index (χ4n) is 3.33. The Morgan fingerprint density at radius 1 is 1.06 bits per heavy atom. The molecule has 1 N–H and O–H groups in total. The van der Waals surface area contributed by atoms with E-state index in [4.69, 9.17) is 4.74 Å². The lowest BCUT2D eigenvalue weighted by Gasteiger charge is -2.05. The third-order valence-electron chi connectivity index (χ3n) is 4.80. The molecule has 0 aliphatic heterocycles. The third kappa shape index (κ3) is 4.56. The molecule has 2 aromatic carbocycles. The lowest BCUT2D eigenvalue weighted by Crippen LogP contribution is -2.31. The van der Waals surface area contributed by atoms with Crippen LogP contribution in [0.3, 0.4) is 0 Å². The SMILES string of the molecule is CCOC(=O)CNC(=O)CSc1nnc2n(Cc3ccc(C)cc3)c3ccccc3n12. The van der Waals surface area contributed by atoms with Crippen LogP contribution >= 0.6 is 11.8 Å².